The summed E-state index contributed by atoms with van der Waals surface area (Å²) in [6.45, 7) is 5.06. The third kappa shape index (κ3) is 8.55. The van der Waals surface area contributed by atoms with Crippen molar-refractivity contribution in [3.8, 4) is 16.9 Å². The summed E-state index contributed by atoms with van der Waals surface area (Å²) in [5, 5.41) is 21.6. The average Bonchev–Trinajstić information content (AvgIpc) is 3.79. The Hall–Kier alpha value is -4.73. The number of sulfonamides is 1. The second-order valence-electron chi connectivity index (χ2n) is 11.2. The van der Waals surface area contributed by atoms with Crippen molar-refractivity contribution >= 4 is 44.7 Å². The van der Waals surface area contributed by atoms with Gasteiger partial charge in [-0.3, -0.25) is 19.7 Å². The van der Waals surface area contributed by atoms with Gasteiger partial charge in [-0.25, -0.2) is 8.42 Å². The summed E-state index contributed by atoms with van der Waals surface area (Å²) in [5.74, 6) is 0.0445. The maximum absolute atomic E-state index is 13.9. The molecule has 0 saturated carbocycles. The molecule has 1 amide bonds. The Balaban J connectivity index is 1.33. The molecule has 7 N–H and O–H groups in total. The van der Waals surface area contributed by atoms with Gasteiger partial charge in [0.1, 0.15) is 21.3 Å². The van der Waals surface area contributed by atoms with Gasteiger partial charge >= 0.3 is 0 Å². The van der Waals surface area contributed by atoms with Crippen LogP contribution >= 0.6 is 11.3 Å². The van der Waals surface area contributed by atoms with Crippen LogP contribution in [0.5, 0.6) is 5.75 Å². The summed E-state index contributed by atoms with van der Waals surface area (Å²) >= 11 is 1.06. The van der Waals surface area contributed by atoms with Crippen LogP contribution in [0.25, 0.3) is 11.1 Å². The first-order chi connectivity index (χ1) is 22.5. The molecule has 1 unspecified atom stereocenters. The second kappa shape index (κ2) is 14.8. The molecule has 13 nitrogen and oxygen atoms in total. The van der Waals surface area contributed by atoms with E-state index in [1.807, 2.05) is 43.3 Å². The minimum Gasteiger partial charge on any atom is -0.492 e. The lowest BCUT2D eigenvalue weighted by molar-refractivity contribution is -0.119. The summed E-state index contributed by atoms with van der Waals surface area (Å²) in [6, 6.07) is 14.0. The summed E-state index contributed by atoms with van der Waals surface area (Å²) in [5.41, 5.74) is 9.55. The number of ether oxygens (including phenoxy) is 1. The minimum atomic E-state index is -4.20. The number of Topliss-reactive ketones (excluding diaryl/α,β-unsaturated/α-hetero) is 1. The van der Waals surface area contributed by atoms with Gasteiger partial charge in [0.2, 0.25) is 0 Å². The smallest absolute Gasteiger partial charge is 0.265 e. The molecule has 15 heteroatoms. The van der Waals surface area contributed by atoms with Crippen LogP contribution in [0.1, 0.15) is 52.0 Å². The lowest BCUT2D eigenvalue weighted by atomic mass is 10.00. The van der Waals surface area contributed by atoms with E-state index in [0.29, 0.717) is 51.3 Å². The van der Waals surface area contributed by atoms with E-state index in [0.717, 1.165) is 45.0 Å². The molecule has 0 radical (unpaired) electrons. The van der Waals surface area contributed by atoms with Crippen LogP contribution in [0.3, 0.4) is 0 Å². The van der Waals surface area contributed by atoms with Crippen molar-refractivity contribution in [2.45, 2.75) is 57.1 Å². The molecule has 0 spiro atoms. The number of guanidine groups is 1. The zero-order valence-electron chi connectivity index (χ0n) is 26.0. The number of anilines is 1. The Morgan fingerprint density at radius 1 is 1.13 bits per heavy atom. The Morgan fingerprint density at radius 2 is 1.96 bits per heavy atom. The van der Waals surface area contributed by atoms with Crippen molar-refractivity contribution in [3.05, 3.63) is 81.4 Å². The summed E-state index contributed by atoms with van der Waals surface area (Å²) in [6.07, 6.45) is 1.37. The highest BCUT2D eigenvalue weighted by Crippen LogP contribution is 2.39. The molecule has 3 heterocycles. The number of carbonyl (C=O) groups is 2. The number of rotatable bonds is 15. The lowest BCUT2D eigenvalue weighted by Gasteiger charge is -2.17. The number of aryl methyl sites for hydroxylation is 1. The molecular weight excluding hydrogens is 643 g/mol. The predicted octanol–water partition coefficient (Wildman–Crippen LogP) is 3.69. The van der Waals surface area contributed by atoms with Gasteiger partial charge in [-0.1, -0.05) is 23.4 Å². The van der Waals surface area contributed by atoms with Gasteiger partial charge < -0.3 is 30.9 Å². The van der Waals surface area contributed by atoms with E-state index in [1.165, 1.54) is 13.0 Å². The van der Waals surface area contributed by atoms with Gasteiger partial charge in [0, 0.05) is 32.1 Å². The molecule has 0 aliphatic carbocycles. The zero-order chi connectivity index (χ0) is 33.6. The number of hydrogen-bond donors (Lipinski definition) is 6. The number of benzene rings is 2. The number of hydrogen-bond acceptors (Lipinski definition) is 10. The molecule has 5 rings (SSSR count). The molecule has 47 heavy (non-hydrogen) atoms. The van der Waals surface area contributed by atoms with Crippen molar-refractivity contribution in [1.29, 1.82) is 5.41 Å². The van der Waals surface area contributed by atoms with Crippen LogP contribution < -0.4 is 31.1 Å². The SMILES string of the molecule is CC(=O)C(CCCNC(=N)N)NC(=O)c1sccc1NS(=O)(=O)c1cc(-c2cccc(CNCc3cc(C)on3)c2)cc2c1OCC2. The highest BCUT2D eigenvalue weighted by molar-refractivity contribution is 7.92. The number of nitrogens with two attached hydrogens (primary N) is 1. The summed E-state index contributed by atoms with van der Waals surface area (Å²) in [4.78, 5) is 25.6. The molecule has 0 saturated heterocycles. The third-order valence-corrected chi connectivity index (χ3v) is 9.79. The first-order valence-electron chi connectivity index (χ1n) is 15.0. The van der Waals surface area contributed by atoms with Crippen LogP contribution in [0.4, 0.5) is 5.69 Å². The molecule has 2 aromatic heterocycles. The van der Waals surface area contributed by atoms with E-state index < -0.39 is 22.0 Å². The van der Waals surface area contributed by atoms with E-state index in [-0.39, 0.29) is 27.2 Å². The van der Waals surface area contributed by atoms with Gasteiger partial charge in [0.15, 0.2) is 11.7 Å². The van der Waals surface area contributed by atoms with Crippen molar-refractivity contribution < 1.29 is 27.3 Å². The van der Waals surface area contributed by atoms with Gasteiger partial charge in [-0.15, -0.1) is 11.3 Å². The highest BCUT2D eigenvalue weighted by Gasteiger charge is 2.29. The van der Waals surface area contributed by atoms with E-state index in [9.17, 15) is 18.0 Å². The quantitative estimate of drug-likeness (QED) is 0.0611. The molecule has 2 aromatic carbocycles. The van der Waals surface area contributed by atoms with Crippen molar-refractivity contribution in [1.82, 2.24) is 21.1 Å². The van der Waals surface area contributed by atoms with Crippen LogP contribution in [0, 0.1) is 12.3 Å². The minimum absolute atomic E-state index is 0.0235. The maximum Gasteiger partial charge on any atom is 0.265 e. The fourth-order valence-corrected chi connectivity index (χ4v) is 7.33. The monoisotopic (exact) mass is 679 g/mol. The van der Waals surface area contributed by atoms with Crippen LogP contribution in [0.2, 0.25) is 0 Å². The van der Waals surface area contributed by atoms with Crippen molar-refractivity contribution in [2.75, 3.05) is 17.9 Å². The van der Waals surface area contributed by atoms with Crippen LogP contribution in [-0.2, 0) is 34.3 Å². The number of nitrogens with one attached hydrogen (secondary N) is 5. The number of ketones is 1. The molecule has 1 aliphatic rings. The topological polar surface area (TPSA) is 202 Å². The first kappa shape index (κ1) is 33.6. The molecule has 0 bridgehead atoms. The van der Waals surface area contributed by atoms with Crippen molar-refractivity contribution in [2.24, 2.45) is 5.73 Å². The number of nitrogens with zero attached hydrogens (tertiary/aromatic N) is 1. The highest BCUT2D eigenvalue weighted by atomic mass is 32.2. The Bertz CT molecular complexity index is 1890. The number of carbonyl (C=O) groups excluding carboxylic acids is 2. The zero-order valence-corrected chi connectivity index (χ0v) is 27.6. The molecule has 0 fully saturated rings. The average molecular weight is 680 g/mol. The number of fused-ring (bicyclic) bond motifs is 1. The van der Waals surface area contributed by atoms with E-state index in [2.05, 4.69) is 25.8 Å². The Kier molecular flexibility index (Phi) is 10.6. The first-order valence-corrected chi connectivity index (χ1v) is 17.4. The predicted molar refractivity (Wildman–Crippen MR) is 179 cm³/mol. The molecule has 1 aliphatic heterocycles. The van der Waals surface area contributed by atoms with E-state index in [1.54, 1.807) is 11.4 Å². The summed E-state index contributed by atoms with van der Waals surface area (Å²) < 4.78 is 41.3. The molecule has 4 aromatic rings. The van der Waals surface area contributed by atoms with Crippen LogP contribution in [-0.4, -0.2) is 50.4 Å². The number of thiophene rings is 1. The maximum atomic E-state index is 13.9. The van der Waals surface area contributed by atoms with Gasteiger partial charge in [0.25, 0.3) is 15.9 Å². The van der Waals surface area contributed by atoms with E-state index >= 15 is 0 Å². The largest absolute Gasteiger partial charge is 0.492 e. The van der Waals surface area contributed by atoms with Gasteiger partial charge in [0.05, 0.1) is 24.0 Å². The number of aromatic nitrogens is 1. The standard InChI is InChI=1S/C32H37N7O6S2/c1-19-13-25(38-45-19)18-35-17-21-5-3-6-22(14-21)24-15-23-8-11-44-29(23)28(16-24)47(42,43)39-27-9-12-46-30(27)31(41)37-26(20(2)40)7-4-10-36-32(33)34/h3,5-6,9,12-16,26,35,39H,4,7-8,10-11,17-18H2,1-2H3,(H,37,41)(H4,33,34,36). The van der Waals surface area contributed by atoms with E-state index in [4.69, 9.17) is 20.4 Å². The Labute approximate surface area is 276 Å². The Morgan fingerprint density at radius 3 is 2.70 bits per heavy atom. The fourth-order valence-electron chi connectivity index (χ4n) is 5.23. The van der Waals surface area contributed by atoms with Gasteiger partial charge in [-0.2, -0.15) is 0 Å². The van der Waals surface area contributed by atoms with Crippen LogP contribution in [0.15, 0.2) is 63.3 Å². The van der Waals surface area contributed by atoms with Gasteiger partial charge in [-0.05, 0) is 78.6 Å². The third-order valence-electron chi connectivity index (χ3n) is 7.51. The number of amides is 1. The normalized spacial score (nSPS) is 13.0. The summed E-state index contributed by atoms with van der Waals surface area (Å²) in [7, 11) is -4.20. The van der Waals surface area contributed by atoms with Crippen molar-refractivity contribution in [3.63, 3.8) is 0 Å². The molecular formula is C32H37N7O6S2. The lowest BCUT2D eigenvalue weighted by Crippen LogP contribution is -2.40. The molecule has 248 valence electrons. The molecule has 1 atom stereocenters. The second-order valence-corrected chi connectivity index (χ2v) is 13.7. The fraction of sp³-hybridized carbons (Fsp3) is 0.312.